The van der Waals surface area contributed by atoms with E-state index in [0.717, 1.165) is 10.7 Å². The third-order valence-electron chi connectivity index (χ3n) is 4.82. The van der Waals surface area contributed by atoms with Crippen molar-refractivity contribution in [2.24, 2.45) is 0 Å². The molecule has 0 aromatic heterocycles. The van der Waals surface area contributed by atoms with Gasteiger partial charge in [-0.05, 0) is 37.5 Å². The summed E-state index contributed by atoms with van der Waals surface area (Å²) in [6, 6.07) is 4.06. The van der Waals surface area contributed by atoms with E-state index in [1.165, 1.54) is 32.3 Å². The van der Waals surface area contributed by atoms with E-state index in [-0.39, 0.29) is 27.4 Å². The highest BCUT2D eigenvalue weighted by Crippen LogP contribution is 2.22. The molecule has 29 heavy (non-hydrogen) atoms. The number of sulfonamides is 1. The summed E-state index contributed by atoms with van der Waals surface area (Å²) in [5.74, 6) is -0.384. The number of hydrogen-bond acceptors (Lipinski definition) is 5. The van der Waals surface area contributed by atoms with Crippen LogP contribution in [-0.2, 0) is 14.8 Å². The fourth-order valence-corrected chi connectivity index (χ4v) is 4.20. The second kappa shape index (κ2) is 10.4. The minimum atomic E-state index is -3.66. The summed E-state index contributed by atoms with van der Waals surface area (Å²) in [4.78, 5) is 26.6. The maximum absolute atomic E-state index is 12.7. The van der Waals surface area contributed by atoms with Gasteiger partial charge in [0.05, 0.1) is 22.0 Å². The first-order valence-corrected chi connectivity index (χ1v) is 11.5. The van der Waals surface area contributed by atoms with E-state index in [1.54, 1.807) is 0 Å². The molecular weight excluding hydrogens is 416 g/mol. The van der Waals surface area contributed by atoms with Crippen molar-refractivity contribution in [2.45, 2.75) is 37.1 Å². The van der Waals surface area contributed by atoms with Crippen LogP contribution in [0.4, 0.5) is 0 Å². The molecule has 1 aliphatic rings. The first-order chi connectivity index (χ1) is 13.6. The third-order valence-corrected chi connectivity index (χ3v) is 6.96. The van der Waals surface area contributed by atoms with Gasteiger partial charge in [-0.15, -0.1) is 0 Å². The topological polar surface area (TPSA) is 98.8 Å². The number of amides is 2. The highest BCUT2D eigenvalue weighted by Gasteiger charge is 2.25. The molecule has 0 aliphatic carbocycles. The average Bonchev–Trinajstić information content (AvgIpc) is 2.67. The number of rotatable bonds is 8. The molecule has 1 fully saturated rings. The van der Waals surface area contributed by atoms with Crippen molar-refractivity contribution in [1.82, 2.24) is 19.8 Å². The molecular formula is C19H29ClN4O4S. The van der Waals surface area contributed by atoms with E-state index in [2.05, 4.69) is 15.5 Å². The molecule has 1 saturated heterocycles. The number of nitrogens with one attached hydrogen (secondary N) is 2. The first kappa shape index (κ1) is 23.6. The molecule has 162 valence electrons. The number of hydrogen-bond donors (Lipinski definition) is 2. The second-order valence-corrected chi connectivity index (χ2v) is 9.86. The molecule has 0 radical (unpaired) electrons. The predicted molar refractivity (Wildman–Crippen MR) is 113 cm³/mol. The van der Waals surface area contributed by atoms with Gasteiger partial charge in [0.1, 0.15) is 0 Å². The summed E-state index contributed by atoms with van der Waals surface area (Å²) in [5, 5.41) is 5.99. The van der Waals surface area contributed by atoms with Crippen LogP contribution in [-0.4, -0.2) is 75.8 Å². The Hall–Kier alpha value is -1.68. The molecule has 2 N–H and O–H groups in total. The van der Waals surface area contributed by atoms with Crippen molar-refractivity contribution >= 4 is 33.4 Å². The Morgan fingerprint density at radius 3 is 2.48 bits per heavy atom. The molecule has 0 spiro atoms. The van der Waals surface area contributed by atoms with Gasteiger partial charge in [0.2, 0.25) is 15.9 Å². The van der Waals surface area contributed by atoms with E-state index >= 15 is 0 Å². The van der Waals surface area contributed by atoms with Crippen LogP contribution < -0.4 is 10.6 Å². The summed E-state index contributed by atoms with van der Waals surface area (Å²) >= 11 is 6.14. The van der Waals surface area contributed by atoms with E-state index in [9.17, 15) is 18.0 Å². The van der Waals surface area contributed by atoms with Crippen LogP contribution in [0.25, 0.3) is 0 Å². The Bertz CT molecular complexity index is 837. The van der Waals surface area contributed by atoms with Gasteiger partial charge in [-0.2, -0.15) is 0 Å². The quantitative estimate of drug-likeness (QED) is 0.629. The van der Waals surface area contributed by atoms with Gasteiger partial charge in [0, 0.05) is 39.8 Å². The average molecular weight is 445 g/mol. The van der Waals surface area contributed by atoms with Crippen molar-refractivity contribution in [1.29, 1.82) is 0 Å². The lowest BCUT2D eigenvalue weighted by Crippen LogP contribution is -2.47. The zero-order valence-corrected chi connectivity index (χ0v) is 18.6. The zero-order valence-electron chi connectivity index (χ0n) is 17.1. The van der Waals surface area contributed by atoms with Crippen LogP contribution >= 0.6 is 11.6 Å². The fourth-order valence-electron chi connectivity index (χ4n) is 3.07. The Balaban J connectivity index is 1.96. The lowest BCUT2D eigenvalue weighted by molar-refractivity contribution is -0.122. The van der Waals surface area contributed by atoms with E-state index in [0.29, 0.717) is 39.0 Å². The van der Waals surface area contributed by atoms with Crippen molar-refractivity contribution < 1.29 is 18.0 Å². The van der Waals surface area contributed by atoms with Crippen LogP contribution in [0.3, 0.4) is 0 Å². The Labute approximate surface area is 177 Å². The SMILES string of the molecule is CCCNC(=O)CN1CCC(NC(=O)c2cc(S(=O)(=O)N(C)C)ccc2Cl)CC1. The molecule has 1 heterocycles. The molecule has 8 nitrogen and oxygen atoms in total. The van der Waals surface area contributed by atoms with Gasteiger partial charge in [0.25, 0.3) is 5.91 Å². The highest BCUT2D eigenvalue weighted by atomic mass is 35.5. The van der Waals surface area contributed by atoms with Crippen LogP contribution in [0.15, 0.2) is 23.1 Å². The van der Waals surface area contributed by atoms with Crippen LogP contribution in [0.5, 0.6) is 0 Å². The van der Waals surface area contributed by atoms with Crippen LogP contribution in [0.2, 0.25) is 5.02 Å². The number of halogens is 1. The molecule has 1 aromatic rings. The Kier molecular flexibility index (Phi) is 8.45. The summed E-state index contributed by atoms with van der Waals surface area (Å²) in [5.41, 5.74) is 0.135. The maximum Gasteiger partial charge on any atom is 0.253 e. The summed E-state index contributed by atoms with van der Waals surface area (Å²) in [6.45, 7) is 4.44. The molecule has 0 unspecified atom stereocenters. The van der Waals surface area contributed by atoms with E-state index < -0.39 is 15.9 Å². The maximum atomic E-state index is 12.7. The smallest absolute Gasteiger partial charge is 0.253 e. The van der Waals surface area contributed by atoms with Crippen LogP contribution in [0, 0.1) is 0 Å². The summed E-state index contributed by atoms with van der Waals surface area (Å²) < 4.78 is 25.7. The van der Waals surface area contributed by atoms with Gasteiger partial charge in [-0.25, -0.2) is 12.7 Å². The lowest BCUT2D eigenvalue weighted by Gasteiger charge is -2.32. The van der Waals surface area contributed by atoms with Gasteiger partial charge in [-0.3, -0.25) is 14.5 Å². The van der Waals surface area contributed by atoms with Crippen molar-refractivity contribution in [3.63, 3.8) is 0 Å². The largest absolute Gasteiger partial charge is 0.355 e. The fraction of sp³-hybridized carbons (Fsp3) is 0.579. The number of nitrogens with zero attached hydrogens (tertiary/aromatic N) is 2. The van der Waals surface area contributed by atoms with Crippen molar-refractivity contribution in [2.75, 3.05) is 40.3 Å². The van der Waals surface area contributed by atoms with Gasteiger partial charge < -0.3 is 10.6 Å². The second-order valence-electron chi connectivity index (χ2n) is 7.30. The van der Waals surface area contributed by atoms with E-state index in [4.69, 9.17) is 11.6 Å². The van der Waals surface area contributed by atoms with Crippen molar-refractivity contribution in [3.8, 4) is 0 Å². The molecule has 0 bridgehead atoms. The van der Waals surface area contributed by atoms with E-state index in [1.807, 2.05) is 6.92 Å². The molecule has 0 saturated carbocycles. The van der Waals surface area contributed by atoms with Gasteiger partial charge in [0.15, 0.2) is 0 Å². The first-order valence-electron chi connectivity index (χ1n) is 9.67. The summed E-state index contributed by atoms with van der Waals surface area (Å²) in [7, 11) is -0.797. The monoisotopic (exact) mass is 444 g/mol. The normalized spacial score (nSPS) is 16.0. The Morgan fingerprint density at radius 2 is 1.90 bits per heavy atom. The standard InChI is InChI=1S/C19H29ClN4O4S/c1-4-9-21-18(25)13-24-10-7-14(8-11-24)22-19(26)16-12-15(5-6-17(16)20)29(27,28)23(2)3/h5-6,12,14H,4,7-11,13H2,1-3H3,(H,21,25)(H,22,26). The molecule has 2 rings (SSSR count). The Morgan fingerprint density at radius 1 is 1.24 bits per heavy atom. The lowest BCUT2D eigenvalue weighted by atomic mass is 10.0. The number of benzene rings is 1. The summed E-state index contributed by atoms with van der Waals surface area (Å²) in [6.07, 6.45) is 2.32. The van der Waals surface area contributed by atoms with Gasteiger partial charge >= 0.3 is 0 Å². The molecule has 2 amide bonds. The number of likely N-dealkylation sites (tertiary alicyclic amines) is 1. The van der Waals surface area contributed by atoms with Gasteiger partial charge in [-0.1, -0.05) is 18.5 Å². The number of carbonyl (C=O) groups excluding carboxylic acids is 2. The third kappa shape index (κ3) is 6.40. The van der Waals surface area contributed by atoms with Crippen molar-refractivity contribution in [3.05, 3.63) is 28.8 Å². The predicted octanol–water partition coefficient (Wildman–Crippen LogP) is 1.31. The zero-order chi connectivity index (χ0) is 21.6. The minimum absolute atomic E-state index is 0.0139. The minimum Gasteiger partial charge on any atom is -0.355 e. The molecule has 10 heteroatoms. The van der Waals surface area contributed by atoms with Crippen LogP contribution in [0.1, 0.15) is 36.5 Å². The highest BCUT2D eigenvalue weighted by molar-refractivity contribution is 7.89. The number of piperidine rings is 1. The number of carbonyl (C=O) groups is 2. The molecule has 1 aliphatic heterocycles. The molecule has 0 atom stereocenters. The molecule has 1 aromatic carbocycles.